The number of aliphatic hydroxyl groups excluding tert-OH is 1. The maximum atomic E-state index is 13.2. The van der Waals surface area contributed by atoms with Crippen LogP contribution in [0.15, 0.2) is 18.2 Å². The highest BCUT2D eigenvalue weighted by atomic mass is 19.1. The van der Waals surface area contributed by atoms with Crippen LogP contribution in [0.4, 0.5) is 10.1 Å². The van der Waals surface area contributed by atoms with E-state index in [1.807, 2.05) is 0 Å². The number of anilines is 1. The lowest BCUT2D eigenvalue weighted by Gasteiger charge is -2.19. The van der Waals surface area contributed by atoms with Gasteiger partial charge in [0.05, 0.1) is 17.4 Å². The molecular formula is C12H11FN2O3. The minimum absolute atomic E-state index is 0.104. The van der Waals surface area contributed by atoms with Crippen LogP contribution in [0.1, 0.15) is 16.8 Å². The fourth-order valence-electron chi connectivity index (χ4n) is 2.46. The summed E-state index contributed by atoms with van der Waals surface area (Å²) in [4.78, 5) is 25.4. The highest BCUT2D eigenvalue weighted by Crippen LogP contribution is 2.29. The summed E-state index contributed by atoms with van der Waals surface area (Å²) in [5.74, 6) is -1.30. The number of nitrogens with zero attached hydrogens (tertiary/aromatic N) is 1. The van der Waals surface area contributed by atoms with Crippen LogP contribution >= 0.6 is 0 Å². The molecule has 0 aromatic heterocycles. The van der Waals surface area contributed by atoms with Crippen molar-refractivity contribution in [2.75, 3.05) is 11.9 Å². The minimum atomic E-state index is -0.709. The molecule has 0 radical (unpaired) electrons. The Labute approximate surface area is 102 Å². The van der Waals surface area contributed by atoms with Crippen LogP contribution in [0.5, 0.6) is 0 Å². The van der Waals surface area contributed by atoms with E-state index in [0.717, 1.165) is 6.07 Å². The molecule has 2 N–H and O–H groups in total. The summed E-state index contributed by atoms with van der Waals surface area (Å²) in [6.45, 7) is 0.104. The van der Waals surface area contributed by atoms with Crippen molar-refractivity contribution in [1.82, 2.24) is 4.90 Å². The Balaban J connectivity index is 2.09. The van der Waals surface area contributed by atoms with Gasteiger partial charge < -0.3 is 15.3 Å². The number of carbonyl (C=O) groups excluding carboxylic acids is 2. The van der Waals surface area contributed by atoms with Crippen molar-refractivity contribution < 1.29 is 19.1 Å². The molecule has 1 aromatic rings. The van der Waals surface area contributed by atoms with Gasteiger partial charge in [0.1, 0.15) is 11.9 Å². The summed E-state index contributed by atoms with van der Waals surface area (Å²) in [7, 11) is 0. The Morgan fingerprint density at radius 3 is 2.94 bits per heavy atom. The molecule has 1 aromatic carbocycles. The van der Waals surface area contributed by atoms with Crippen molar-refractivity contribution in [3.05, 3.63) is 29.6 Å². The maximum absolute atomic E-state index is 13.2. The molecule has 0 unspecified atom stereocenters. The third-order valence-corrected chi connectivity index (χ3v) is 3.31. The predicted molar refractivity (Wildman–Crippen MR) is 60.5 cm³/mol. The van der Waals surface area contributed by atoms with Crippen molar-refractivity contribution in [2.24, 2.45) is 0 Å². The first-order valence-corrected chi connectivity index (χ1v) is 5.65. The van der Waals surface area contributed by atoms with Gasteiger partial charge in [-0.2, -0.15) is 0 Å². The standard InChI is InChI=1S/C12H11FN2O3/c13-6-1-2-9-8(3-6)12(18)15-5-7(16)4-10(15)11(17)14-9/h1-3,7,10,16H,4-5H2,(H,14,17)/t7-,10+/m1/s1. The number of amides is 2. The number of carbonyl (C=O) groups is 2. The summed E-state index contributed by atoms with van der Waals surface area (Å²) < 4.78 is 13.2. The third-order valence-electron chi connectivity index (χ3n) is 3.31. The normalized spacial score (nSPS) is 26.4. The van der Waals surface area contributed by atoms with Crippen molar-refractivity contribution >= 4 is 17.5 Å². The lowest BCUT2D eigenvalue weighted by atomic mass is 10.1. The smallest absolute Gasteiger partial charge is 0.256 e. The molecule has 0 bridgehead atoms. The Hall–Kier alpha value is -1.95. The molecule has 1 saturated heterocycles. The summed E-state index contributed by atoms with van der Waals surface area (Å²) in [6.07, 6.45) is -0.492. The molecule has 1 fully saturated rings. The maximum Gasteiger partial charge on any atom is 0.256 e. The first kappa shape index (κ1) is 11.2. The number of fused-ring (bicyclic) bond motifs is 2. The minimum Gasteiger partial charge on any atom is -0.391 e. The second-order valence-electron chi connectivity index (χ2n) is 4.54. The molecule has 2 aliphatic rings. The lowest BCUT2D eigenvalue weighted by molar-refractivity contribution is -0.119. The summed E-state index contributed by atoms with van der Waals surface area (Å²) >= 11 is 0. The molecule has 5 nitrogen and oxygen atoms in total. The van der Waals surface area contributed by atoms with Crippen molar-refractivity contribution in [1.29, 1.82) is 0 Å². The third kappa shape index (κ3) is 1.57. The second kappa shape index (κ2) is 3.78. The number of hydrogen-bond donors (Lipinski definition) is 2. The number of benzene rings is 1. The van der Waals surface area contributed by atoms with Gasteiger partial charge in [-0.1, -0.05) is 0 Å². The zero-order valence-electron chi connectivity index (χ0n) is 9.39. The van der Waals surface area contributed by atoms with Crippen LogP contribution in [-0.4, -0.2) is 40.5 Å². The van der Waals surface area contributed by atoms with Gasteiger partial charge in [-0.3, -0.25) is 9.59 Å². The van der Waals surface area contributed by atoms with Crippen LogP contribution < -0.4 is 5.32 Å². The topological polar surface area (TPSA) is 69.6 Å². The predicted octanol–water partition coefficient (Wildman–Crippen LogP) is 0.353. The van der Waals surface area contributed by atoms with Crippen LogP contribution in [0.2, 0.25) is 0 Å². The van der Waals surface area contributed by atoms with Gasteiger partial charge in [-0.15, -0.1) is 0 Å². The zero-order valence-corrected chi connectivity index (χ0v) is 9.39. The van der Waals surface area contributed by atoms with Crippen LogP contribution in [0.3, 0.4) is 0 Å². The number of aliphatic hydroxyl groups is 1. The van der Waals surface area contributed by atoms with Gasteiger partial charge in [-0.05, 0) is 18.2 Å². The van der Waals surface area contributed by atoms with E-state index in [2.05, 4.69) is 5.32 Å². The van der Waals surface area contributed by atoms with Crippen molar-refractivity contribution in [3.8, 4) is 0 Å². The van der Waals surface area contributed by atoms with E-state index in [-0.39, 0.29) is 24.4 Å². The molecule has 2 amide bonds. The Kier molecular flexibility index (Phi) is 2.34. The monoisotopic (exact) mass is 250 g/mol. The molecule has 3 rings (SSSR count). The molecule has 6 heteroatoms. The second-order valence-corrected chi connectivity index (χ2v) is 4.54. The van der Waals surface area contributed by atoms with Gasteiger partial charge in [0.15, 0.2) is 0 Å². The highest BCUT2D eigenvalue weighted by Gasteiger charge is 2.42. The van der Waals surface area contributed by atoms with E-state index in [1.165, 1.54) is 17.0 Å². The summed E-state index contributed by atoms with van der Waals surface area (Å²) in [5, 5.41) is 12.1. The number of halogens is 1. The fourth-order valence-corrected chi connectivity index (χ4v) is 2.46. The zero-order chi connectivity index (χ0) is 12.9. The number of rotatable bonds is 0. The van der Waals surface area contributed by atoms with Gasteiger partial charge >= 0.3 is 0 Å². The van der Waals surface area contributed by atoms with Crippen molar-refractivity contribution in [2.45, 2.75) is 18.6 Å². The first-order valence-electron chi connectivity index (χ1n) is 5.65. The average Bonchev–Trinajstić information content (AvgIpc) is 2.69. The van der Waals surface area contributed by atoms with Crippen LogP contribution in [0.25, 0.3) is 0 Å². The van der Waals surface area contributed by atoms with E-state index in [1.54, 1.807) is 0 Å². The average molecular weight is 250 g/mol. The number of nitrogens with one attached hydrogen (secondary N) is 1. The highest BCUT2D eigenvalue weighted by molar-refractivity contribution is 6.10. The SMILES string of the molecule is O=C1Nc2ccc(F)cc2C(=O)N2C[C@H](O)C[C@@H]12. The summed E-state index contributed by atoms with van der Waals surface area (Å²) in [6, 6.07) is 2.99. The van der Waals surface area contributed by atoms with E-state index in [0.29, 0.717) is 5.69 Å². The quantitative estimate of drug-likeness (QED) is 0.698. The van der Waals surface area contributed by atoms with E-state index in [4.69, 9.17) is 0 Å². The van der Waals surface area contributed by atoms with E-state index >= 15 is 0 Å². The Morgan fingerprint density at radius 2 is 2.17 bits per heavy atom. The molecule has 94 valence electrons. The molecule has 18 heavy (non-hydrogen) atoms. The molecule has 0 aliphatic carbocycles. The van der Waals surface area contributed by atoms with Gasteiger partial charge in [0.2, 0.25) is 5.91 Å². The Morgan fingerprint density at radius 1 is 1.39 bits per heavy atom. The van der Waals surface area contributed by atoms with Gasteiger partial charge in [0.25, 0.3) is 5.91 Å². The van der Waals surface area contributed by atoms with Crippen molar-refractivity contribution in [3.63, 3.8) is 0 Å². The van der Waals surface area contributed by atoms with E-state index in [9.17, 15) is 19.1 Å². The van der Waals surface area contributed by atoms with Crippen LogP contribution in [0, 0.1) is 5.82 Å². The summed E-state index contributed by atoms with van der Waals surface area (Å²) in [5.41, 5.74) is 0.440. The molecular weight excluding hydrogens is 239 g/mol. The molecule has 2 atom stereocenters. The molecule has 0 saturated carbocycles. The van der Waals surface area contributed by atoms with Gasteiger partial charge in [-0.25, -0.2) is 4.39 Å². The Bertz CT molecular complexity index is 546. The molecule has 2 heterocycles. The fraction of sp³-hybridized carbons (Fsp3) is 0.333. The van der Waals surface area contributed by atoms with E-state index < -0.39 is 23.9 Å². The largest absolute Gasteiger partial charge is 0.391 e. The van der Waals surface area contributed by atoms with Crippen LogP contribution in [-0.2, 0) is 4.79 Å². The first-order chi connectivity index (χ1) is 8.56. The van der Waals surface area contributed by atoms with Gasteiger partial charge in [0, 0.05) is 13.0 Å². The number of hydrogen-bond acceptors (Lipinski definition) is 3. The lowest BCUT2D eigenvalue weighted by Crippen LogP contribution is -2.40. The molecule has 0 spiro atoms. The molecule has 2 aliphatic heterocycles.